The fourth-order valence-electron chi connectivity index (χ4n) is 4.20. The maximum atomic E-state index is 10.8. The minimum Gasteiger partial charge on any atom is -0.368 e. The second kappa shape index (κ2) is 10.9. The maximum Gasteiger partial charge on any atom is 0.150 e. The Kier molecular flexibility index (Phi) is 7.54. The summed E-state index contributed by atoms with van der Waals surface area (Å²) in [6.45, 7) is 1.75. The summed E-state index contributed by atoms with van der Waals surface area (Å²) in [6.07, 6.45) is 10.6. The van der Waals surface area contributed by atoms with Crippen LogP contribution in [-0.4, -0.2) is 37.3 Å². The average molecular weight is 490 g/mol. The van der Waals surface area contributed by atoms with Crippen LogP contribution in [0.2, 0.25) is 5.02 Å². The Hall–Kier alpha value is -4.02. The third-order valence-electron chi connectivity index (χ3n) is 6.12. The van der Waals surface area contributed by atoms with Gasteiger partial charge in [-0.15, -0.1) is 5.10 Å². The Morgan fingerprint density at radius 1 is 1.23 bits per heavy atom. The van der Waals surface area contributed by atoms with Gasteiger partial charge in [0, 0.05) is 24.6 Å². The van der Waals surface area contributed by atoms with Crippen molar-refractivity contribution >= 4 is 35.2 Å². The van der Waals surface area contributed by atoms with Crippen LogP contribution >= 0.6 is 11.6 Å². The molecule has 3 heterocycles. The van der Waals surface area contributed by atoms with Gasteiger partial charge in [-0.25, -0.2) is 14.6 Å². The molecule has 10 nitrogen and oxygen atoms in total. The zero-order chi connectivity index (χ0) is 24.8. The molecule has 4 rings (SSSR count). The molecule has 1 atom stereocenters. The Morgan fingerprint density at radius 2 is 2.03 bits per heavy atom. The number of anilines is 3. The fourth-order valence-corrected chi connectivity index (χ4v) is 4.42. The molecule has 3 aromatic heterocycles. The summed E-state index contributed by atoms with van der Waals surface area (Å²) in [5.74, 6) is 1.58. The van der Waals surface area contributed by atoms with E-state index in [9.17, 15) is 10.1 Å². The maximum absolute atomic E-state index is 10.8. The first-order valence-corrected chi connectivity index (χ1v) is 11.7. The van der Waals surface area contributed by atoms with Crippen LogP contribution in [0.4, 0.5) is 17.3 Å². The summed E-state index contributed by atoms with van der Waals surface area (Å²) in [6, 6.07) is 6.96. The molecule has 11 heteroatoms. The highest BCUT2D eigenvalue weighted by atomic mass is 35.5. The Morgan fingerprint density at radius 3 is 2.71 bits per heavy atom. The quantitative estimate of drug-likeness (QED) is 0.436. The molecule has 0 aromatic carbocycles. The second-order valence-electron chi connectivity index (χ2n) is 8.58. The van der Waals surface area contributed by atoms with E-state index in [4.69, 9.17) is 16.9 Å². The van der Waals surface area contributed by atoms with Crippen LogP contribution in [0, 0.1) is 28.6 Å². The Labute approximate surface area is 208 Å². The standard InChI is InChI=1S/C24H24ClN9O/c1-15(10-26)30-20-9-23(31-24-19(25)8-17(11-27)12-29-24)28-13-22(20)34-14-21(32-33-34)18-4-2-16(3-5-18)6-7-35/h7-9,12-16,18H,2-6H2,1H3,(H2,28,29,30,31)/t15-,16?,18?/m1/s1. The summed E-state index contributed by atoms with van der Waals surface area (Å²) in [4.78, 5) is 19.4. The molecule has 1 aliphatic carbocycles. The summed E-state index contributed by atoms with van der Waals surface area (Å²) < 4.78 is 1.66. The lowest BCUT2D eigenvalue weighted by Gasteiger charge is -2.25. The average Bonchev–Trinajstić information content (AvgIpc) is 3.36. The van der Waals surface area contributed by atoms with E-state index in [1.54, 1.807) is 23.9 Å². The van der Waals surface area contributed by atoms with Crippen molar-refractivity contribution in [3.63, 3.8) is 0 Å². The molecule has 35 heavy (non-hydrogen) atoms. The molecule has 1 aliphatic rings. The van der Waals surface area contributed by atoms with Crippen LogP contribution in [0.5, 0.6) is 0 Å². The number of aldehydes is 1. The number of hydrogen-bond acceptors (Lipinski definition) is 9. The molecule has 0 amide bonds. The summed E-state index contributed by atoms with van der Waals surface area (Å²) in [7, 11) is 0. The van der Waals surface area contributed by atoms with Crippen LogP contribution in [0.25, 0.3) is 5.69 Å². The first-order valence-electron chi connectivity index (χ1n) is 11.4. The Balaban J connectivity index is 1.58. The number of hydrogen-bond donors (Lipinski definition) is 2. The number of carbonyl (C=O) groups excluding carboxylic acids is 1. The molecular weight excluding hydrogens is 466 g/mol. The molecule has 178 valence electrons. The molecule has 0 radical (unpaired) electrons. The van der Waals surface area contributed by atoms with Crippen molar-refractivity contribution in [1.29, 1.82) is 10.5 Å². The number of nitriles is 2. The predicted octanol–water partition coefficient (Wildman–Crippen LogP) is 4.51. The zero-order valence-electron chi connectivity index (χ0n) is 19.1. The van der Waals surface area contributed by atoms with E-state index in [0.717, 1.165) is 37.7 Å². The largest absolute Gasteiger partial charge is 0.368 e. The highest BCUT2D eigenvalue weighted by Crippen LogP contribution is 2.36. The first kappa shape index (κ1) is 24.1. The number of nitrogens with zero attached hydrogens (tertiary/aromatic N) is 7. The van der Waals surface area contributed by atoms with Crippen molar-refractivity contribution in [2.24, 2.45) is 5.92 Å². The Bertz CT molecular complexity index is 1280. The van der Waals surface area contributed by atoms with Gasteiger partial charge in [-0.1, -0.05) is 16.8 Å². The molecule has 1 fully saturated rings. The smallest absolute Gasteiger partial charge is 0.150 e. The van der Waals surface area contributed by atoms with E-state index in [1.807, 2.05) is 12.3 Å². The van der Waals surface area contributed by atoms with Gasteiger partial charge in [0.25, 0.3) is 0 Å². The molecule has 0 saturated heterocycles. The van der Waals surface area contributed by atoms with Crippen molar-refractivity contribution < 1.29 is 4.79 Å². The van der Waals surface area contributed by atoms with Crippen molar-refractivity contribution in [1.82, 2.24) is 25.0 Å². The summed E-state index contributed by atoms with van der Waals surface area (Å²) in [5.41, 5.74) is 2.54. The molecule has 1 saturated carbocycles. The van der Waals surface area contributed by atoms with Gasteiger partial charge in [-0.2, -0.15) is 10.5 Å². The van der Waals surface area contributed by atoms with Crippen LogP contribution in [0.1, 0.15) is 56.2 Å². The fraction of sp³-hybridized carbons (Fsp3) is 0.375. The lowest BCUT2D eigenvalue weighted by Crippen LogP contribution is -2.15. The number of rotatable bonds is 8. The van der Waals surface area contributed by atoms with Crippen LogP contribution in [-0.2, 0) is 4.79 Å². The third kappa shape index (κ3) is 5.73. The normalized spacial score (nSPS) is 18.2. The molecular formula is C24H24ClN9O. The van der Waals surface area contributed by atoms with Gasteiger partial charge in [0.1, 0.15) is 35.7 Å². The van der Waals surface area contributed by atoms with Crippen LogP contribution in [0.15, 0.2) is 30.7 Å². The van der Waals surface area contributed by atoms with E-state index < -0.39 is 6.04 Å². The van der Waals surface area contributed by atoms with Gasteiger partial charge in [0.15, 0.2) is 0 Å². The highest BCUT2D eigenvalue weighted by molar-refractivity contribution is 6.33. The molecule has 0 spiro atoms. The van der Waals surface area contributed by atoms with Gasteiger partial charge >= 0.3 is 0 Å². The number of aromatic nitrogens is 5. The van der Waals surface area contributed by atoms with E-state index in [0.29, 0.717) is 51.9 Å². The van der Waals surface area contributed by atoms with E-state index in [2.05, 4.69) is 37.0 Å². The first-order chi connectivity index (χ1) is 17.0. The highest BCUT2D eigenvalue weighted by Gasteiger charge is 2.24. The van der Waals surface area contributed by atoms with Gasteiger partial charge in [0.2, 0.25) is 0 Å². The van der Waals surface area contributed by atoms with Gasteiger partial charge < -0.3 is 15.4 Å². The van der Waals surface area contributed by atoms with Crippen LogP contribution < -0.4 is 10.6 Å². The lowest BCUT2D eigenvalue weighted by atomic mass is 9.79. The number of nitrogens with one attached hydrogen (secondary N) is 2. The van der Waals surface area contributed by atoms with Crippen molar-refractivity contribution in [3.8, 4) is 17.8 Å². The van der Waals surface area contributed by atoms with E-state index >= 15 is 0 Å². The molecule has 3 aromatic rings. The SMILES string of the molecule is C[C@H](C#N)Nc1cc(Nc2ncc(C#N)cc2Cl)ncc1-n1cc(C2CCC(CC=O)CC2)nn1. The summed E-state index contributed by atoms with van der Waals surface area (Å²) in [5, 5.41) is 33.6. The predicted molar refractivity (Wildman–Crippen MR) is 130 cm³/mol. The topological polar surface area (TPSA) is 145 Å². The minimum absolute atomic E-state index is 0.290. The molecule has 0 aliphatic heterocycles. The summed E-state index contributed by atoms with van der Waals surface area (Å²) >= 11 is 6.23. The lowest BCUT2D eigenvalue weighted by molar-refractivity contribution is -0.108. The van der Waals surface area contributed by atoms with E-state index in [1.165, 1.54) is 12.3 Å². The molecule has 0 bridgehead atoms. The second-order valence-corrected chi connectivity index (χ2v) is 8.99. The van der Waals surface area contributed by atoms with Crippen LogP contribution in [0.3, 0.4) is 0 Å². The van der Waals surface area contributed by atoms with Gasteiger partial charge in [-0.05, 0) is 44.6 Å². The monoisotopic (exact) mass is 489 g/mol. The number of pyridine rings is 2. The van der Waals surface area contributed by atoms with Crippen molar-refractivity contribution in [3.05, 3.63) is 47.0 Å². The van der Waals surface area contributed by atoms with Gasteiger partial charge in [0.05, 0.1) is 40.4 Å². The van der Waals surface area contributed by atoms with Crippen molar-refractivity contribution in [2.75, 3.05) is 10.6 Å². The number of halogens is 1. The van der Waals surface area contributed by atoms with E-state index in [-0.39, 0.29) is 0 Å². The minimum atomic E-state index is -0.461. The third-order valence-corrected chi connectivity index (χ3v) is 6.41. The molecule has 2 N–H and O–H groups in total. The molecule has 0 unspecified atom stereocenters. The van der Waals surface area contributed by atoms with Gasteiger partial charge in [-0.3, -0.25) is 0 Å². The number of carbonyl (C=O) groups is 1. The van der Waals surface area contributed by atoms with Crippen molar-refractivity contribution in [2.45, 2.75) is 51.0 Å². The zero-order valence-corrected chi connectivity index (χ0v) is 19.9.